The van der Waals surface area contributed by atoms with Crippen LogP contribution in [0.25, 0.3) is 0 Å². The zero-order valence-electron chi connectivity index (χ0n) is 6.18. The largest absolute Gasteiger partial charge is 0.355 e. The summed E-state index contributed by atoms with van der Waals surface area (Å²) >= 11 is 3.93. The maximum atomic E-state index is 10.7. The van der Waals surface area contributed by atoms with E-state index in [0.717, 1.165) is 6.54 Å². The van der Waals surface area contributed by atoms with Gasteiger partial charge in [0.05, 0.1) is 0 Å². The molecule has 3 nitrogen and oxygen atoms in total. The van der Waals surface area contributed by atoms with Crippen molar-refractivity contribution in [2.24, 2.45) is 0 Å². The predicted molar refractivity (Wildman–Crippen MR) is 45.4 cm³/mol. The molecule has 0 radical (unpaired) electrons. The number of nitrogens with one attached hydrogen (secondary N) is 2. The van der Waals surface area contributed by atoms with Crippen LogP contribution in [-0.2, 0) is 4.79 Å². The van der Waals surface area contributed by atoms with Crippen LogP contribution in [0.2, 0.25) is 0 Å². The minimum Gasteiger partial charge on any atom is -0.355 e. The summed E-state index contributed by atoms with van der Waals surface area (Å²) in [6.45, 7) is 1.52. The van der Waals surface area contributed by atoms with Crippen LogP contribution in [0.4, 0.5) is 0 Å². The van der Waals surface area contributed by atoms with Crippen LogP contribution in [0, 0.1) is 0 Å². The van der Waals surface area contributed by atoms with Crippen molar-refractivity contribution in [1.29, 1.82) is 0 Å². The van der Waals surface area contributed by atoms with Crippen molar-refractivity contribution in [3.63, 3.8) is 0 Å². The molecule has 10 heavy (non-hydrogen) atoms. The number of hydrogen-bond donors (Lipinski definition) is 3. The molecule has 0 heterocycles. The first-order chi connectivity index (χ1) is 4.81. The Morgan fingerprint density at radius 1 is 1.50 bits per heavy atom. The van der Waals surface area contributed by atoms with Gasteiger partial charge in [-0.1, -0.05) is 0 Å². The van der Waals surface area contributed by atoms with E-state index in [4.69, 9.17) is 0 Å². The molecule has 0 spiro atoms. The SMILES string of the molecule is CNCCNC(=O)CCS. The second-order valence-electron chi connectivity index (χ2n) is 1.93. The molecule has 4 heteroatoms. The van der Waals surface area contributed by atoms with Crippen LogP contribution >= 0.6 is 12.6 Å². The maximum absolute atomic E-state index is 10.7. The van der Waals surface area contributed by atoms with Gasteiger partial charge >= 0.3 is 0 Å². The summed E-state index contributed by atoms with van der Waals surface area (Å²) in [5, 5.41) is 5.67. The monoisotopic (exact) mass is 162 g/mol. The Balaban J connectivity index is 3.05. The van der Waals surface area contributed by atoms with Gasteiger partial charge in [-0.3, -0.25) is 4.79 Å². The van der Waals surface area contributed by atoms with E-state index in [1.54, 1.807) is 0 Å². The summed E-state index contributed by atoms with van der Waals surface area (Å²) in [7, 11) is 1.85. The van der Waals surface area contributed by atoms with Crippen LogP contribution in [-0.4, -0.2) is 31.8 Å². The first kappa shape index (κ1) is 9.78. The van der Waals surface area contributed by atoms with Crippen molar-refractivity contribution in [2.75, 3.05) is 25.9 Å². The molecule has 0 aromatic heterocycles. The lowest BCUT2D eigenvalue weighted by Gasteiger charge is -2.01. The molecule has 0 fully saturated rings. The van der Waals surface area contributed by atoms with E-state index >= 15 is 0 Å². The average Bonchev–Trinajstić information content (AvgIpc) is 1.89. The summed E-state index contributed by atoms with van der Waals surface area (Å²) in [6, 6.07) is 0. The lowest BCUT2D eigenvalue weighted by molar-refractivity contribution is -0.120. The molecule has 1 amide bonds. The van der Waals surface area contributed by atoms with Gasteiger partial charge < -0.3 is 10.6 Å². The first-order valence-corrected chi connectivity index (χ1v) is 3.96. The smallest absolute Gasteiger partial charge is 0.220 e. The van der Waals surface area contributed by atoms with E-state index in [-0.39, 0.29) is 5.91 Å². The Hall–Kier alpha value is -0.220. The molecular formula is C6H14N2OS. The van der Waals surface area contributed by atoms with E-state index < -0.39 is 0 Å². The number of rotatable bonds is 5. The zero-order valence-corrected chi connectivity index (χ0v) is 7.08. The lowest BCUT2D eigenvalue weighted by Crippen LogP contribution is -2.30. The molecular weight excluding hydrogens is 148 g/mol. The van der Waals surface area contributed by atoms with Gasteiger partial charge in [-0.2, -0.15) is 12.6 Å². The highest BCUT2D eigenvalue weighted by Gasteiger charge is 1.95. The Labute approximate surface area is 67.0 Å². The van der Waals surface area contributed by atoms with Crippen molar-refractivity contribution >= 4 is 18.5 Å². The van der Waals surface area contributed by atoms with Gasteiger partial charge in [0.1, 0.15) is 0 Å². The van der Waals surface area contributed by atoms with Gasteiger partial charge in [0, 0.05) is 19.5 Å². The topological polar surface area (TPSA) is 41.1 Å². The van der Waals surface area contributed by atoms with Crippen molar-refractivity contribution in [1.82, 2.24) is 10.6 Å². The van der Waals surface area contributed by atoms with Crippen LogP contribution in [0.15, 0.2) is 0 Å². The minimum atomic E-state index is 0.0743. The molecule has 0 saturated heterocycles. The number of thiol groups is 1. The highest BCUT2D eigenvalue weighted by molar-refractivity contribution is 7.80. The molecule has 0 aliphatic carbocycles. The van der Waals surface area contributed by atoms with Crippen LogP contribution in [0.5, 0.6) is 0 Å². The van der Waals surface area contributed by atoms with Gasteiger partial charge in [-0.25, -0.2) is 0 Å². The molecule has 0 aromatic rings. The highest BCUT2D eigenvalue weighted by Crippen LogP contribution is 1.81. The summed E-state index contributed by atoms with van der Waals surface area (Å²) in [4.78, 5) is 10.7. The molecule has 0 aromatic carbocycles. The van der Waals surface area contributed by atoms with E-state index in [9.17, 15) is 4.79 Å². The number of hydrogen-bond acceptors (Lipinski definition) is 3. The molecule has 0 atom stereocenters. The second-order valence-corrected chi connectivity index (χ2v) is 2.37. The van der Waals surface area contributed by atoms with E-state index in [1.807, 2.05) is 7.05 Å². The molecule has 0 aliphatic rings. The van der Waals surface area contributed by atoms with E-state index in [1.165, 1.54) is 0 Å². The molecule has 0 aliphatic heterocycles. The van der Waals surface area contributed by atoms with Gasteiger partial charge in [0.15, 0.2) is 0 Å². The molecule has 0 bridgehead atoms. The second kappa shape index (κ2) is 6.89. The number of amides is 1. The predicted octanol–water partition coefficient (Wildman–Crippen LogP) is -0.358. The maximum Gasteiger partial charge on any atom is 0.220 e. The Kier molecular flexibility index (Phi) is 6.74. The molecule has 0 rings (SSSR count). The van der Waals surface area contributed by atoms with Crippen LogP contribution in [0.3, 0.4) is 0 Å². The fourth-order valence-electron chi connectivity index (χ4n) is 0.517. The van der Waals surface area contributed by atoms with Crippen LogP contribution in [0.1, 0.15) is 6.42 Å². The third-order valence-corrected chi connectivity index (χ3v) is 1.26. The van der Waals surface area contributed by atoms with Crippen molar-refractivity contribution in [2.45, 2.75) is 6.42 Å². The fraction of sp³-hybridized carbons (Fsp3) is 0.833. The van der Waals surface area contributed by atoms with Gasteiger partial charge in [0.25, 0.3) is 0 Å². The summed E-state index contributed by atoms with van der Waals surface area (Å²) in [6.07, 6.45) is 0.507. The molecule has 0 unspecified atom stereocenters. The molecule has 0 saturated carbocycles. The van der Waals surface area contributed by atoms with E-state index in [0.29, 0.717) is 18.7 Å². The zero-order chi connectivity index (χ0) is 7.82. The van der Waals surface area contributed by atoms with Crippen LogP contribution < -0.4 is 10.6 Å². The average molecular weight is 162 g/mol. The van der Waals surface area contributed by atoms with Crippen molar-refractivity contribution in [3.8, 4) is 0 Å². The van der Waals surface area contributed by atoms with Gasteiger partial charge in [0.2, 0.25) is 5.91 Å². The Morgan fingerprint density at radius 3 is 2.70 bits per heavy atom. The minimum absolute atomic E-state index is 0.0743. The number of likely N-dealkylation sites (N-methyl/N-ethyl adjacent to an activating group) is 1. The lowest BCUT2D eigenvalue weighted by atomic mass is 10.4. The van der Waals surface area contributed by atoms with Crippen molar-refractivity contribution < 1.29 is 4.79 Å². The normalized spacial score (nSPS) is 9.40. The third kappa shape index (κ3) is 5.91. The Morgan fingerprint density at radius 2 is 2.20 bits per heavy atom. The molecule has 2 N–H and O–H groups in total. The summed E-state index contributed by atoms with van der Waals surface area (Å²) in [5.74, 6) is 0.691. The van der Waals surface area contributed by atoms with Gasteiger partial charge in [-0.05, 0) is 12.8 Å². The van der Waals surface area contributed by atoms with Crippen molar-refractivity contribution in [3.05, 3.63) is 0 Å². The third-order valence-electron chi connectivity index (χ3n) is 1.04. The number of carbonyl (C=O) groups excluding carboxylic acids is 1. The summed E-state index contributed by atoms with van der Waals surface area (Å²) < 4.78 is 0. The molecule has 60 valence electrons. The summed E-state index contributed by atoms with van der Waals surface area (Å²) in [5.41, 5.74) is 0. The van der Waals surface area contributed by atoms with E-state index in [2.05, 4.69) is 23.3 Å². The quantitative estimate of drug-likeness (QED) is 0.382. The first-order valence-electron chi connectivity index (χ1n) is 3.33. The van der Waals surface area contributed by atoms with Gasteiger partial charge in [-0.15, -0.1) is 0 Å². The highest BCUT2D eigenvalue weighted by atomic mass is 32.1. The Bertz CT molecular complexity index is 97.7. The number of carbonyl (C=O) groups is 1. The fourth-order valence-corrected chi connectivity index (χ4v) is 0.720. The standard InChI is InChI=1S/C6H14N2OS/c1-7-3-4-8-6(9)2-5-10/h7,10H,2-5H2,1H3,(H,8,9).